The predicted octanol–water partition coefficient (Wildman–Crippen LogP) is 2.18. The van der Waals surface area contributed by atoms with Gasteiger partial charge < -0.3 is 15.1 Å². The van der Waals surface area contributed by atoms with E-state index in [1.807, 2.05) is 6.07 Å². The molecule has 8 heteroatoms. The summed E-state index contributed by atoms with van der Waals surface area (Å²) < 4.78 is 39.7. The van der Waals surface area contributed by atoms with Crippen LogP contribution in [0.4, 0.5) is 23.7 Å². The van der Waals surface area contributed by atoms with Crippen LogP contribution in [0.1, 0.15) is 17.5 Å². The lowest BCUT2D eigenvalue weighted by atomic mass is 9.98. The van der Waals surface area contributed by atoms with Crippen molar-refractivity contribution in [3.63, 3.8) is 0 Å². The maximum Gasteiger partial charge on any atom is 0.418 e. The number of urea groups is 1. The molecule has 2 heterocycles. The smallest absolute Gasteiger partial charge is 0.369 e. The van der Waals surface area contributed by atoms with Crippen molar-refractivity contribution in [2.45, 2.75) is 24.7 Å². The molecule has 2 aliphatic heterocycles. The van der Waals surface area contributed by atoms with Crippen LogP contribution in [0.5, 0.6) is 0 Å². The number of alkyl halides is 3. The Morgan fingerprint density at radius 3 is 2.78 bits per heavy atom. The summed E-state index contributed by atoms with van der Waals surface area (Å²) in [5.74, 6) is 0. The van der Waals surface area contributed by atoms with Crippen LogP contribution in [0.25, 0.3) is 0 Å². The summed E-state index contributed by atoms with van der Waals surface area (Å²) in [5, 5.41) is 11.8. The number of carbonyl (C=O) groups excluding carboxylic acids is 1. The number of nitrogens with one attached hydrogen (secondary N) is 1. The van der Waals surface area contributed by atoms with E-state index in [1.165, 1.54) is 12.1 Å². The summed E-state index contributed by atoms with van der Waals surface area (Å²) in [6.07, 6.45) is -3.91. The van der Waals surface area contributed by atoms with Crippen molar-refractivity contribution < 1.29 is 18.0 Å². The monoisotopic (exact) mass is 324 g/mol. The molecule has 1 N–H and O–H groups in total. The molecule has 0 saturated carbocycles. The van der Waals surface area contributed by atoms with E-state index in [9.17, 15) is 18.0 Å². The van der Waals surface area contributed by atoms with Crippen LogP contribution in [-0.4, -0.2) is 43.2 Å². The van der Waals surface area contributed by atoms with E-state index in [2.05, 4.69) is 5.32 Å². The van der Waals surface area contributed by atoms with Crippen molar-refractivity contribution in [3.8, 4) is 6.07 Å². The van der Waals surface area contributed by atoms with E-state index in [0.29, 0.717) is 19.5 Å². The van der Waals surface area contributed by atoms with Gasteiger partial charge in [-0.05, 0) is 24.6 Å². The largest absolute Gasteiger partial charge is 0.418 e. The highest BCUT2D eigenvalue weighted by Crippen LogP contribution is 2.38. The third kappa shape index (κ3) is 2.67. The molecular weight excluding hydrogens is 309 g/mol. The molecule has 2 fully saturated rings. The van der Waals surface area contributed by atoms with Gasteiger partial charge in [0.1, 0.15) is 0 Å². The average molecular weight is 324 g/mol. The van der Waals surface area contributed by atoms with Crippen molar-refractivity contribution in [3.05, 3.63) is 29.3 Å². The Morgan fingerprint density at radius 2 is 2.13 bits per heavy atom. The Labute approximate surface area is 131 Å². The topological polar surface area (TPSA) is 59.4 Å². The number of nitriles is 1. The van der Waals surface area contributed by atoms with Gasteiger partial charge in [0, 0.05) is 20.1 Å². The molecule has 0 aromatic heterocycles. The van der Waals surface area contributed by atoms with Crippen molar-refractivity contribution >= 4 is 11.7 Å². The molecule has 5 nitrogen and oxygen atoms in total. The molecular formula is C15H15F3N4O. The third-order valence-electron chi connectivity index (χ3n) is 4.48. The normalized spacial score (nSPS) is 24.2. The second-order valence-electron chi connectivity index (χ2n) is 5.81. The Balaban J connectivity index is 1.93. The Morgan fingerprint density at radius 1 is 1.39 bits per heavy atom. The highest BCUT2D eigenvalue weighted by atomic mass is 19.4. The average Bonchev–Trinajstić information content (AvgIpc) is 2.80. The molecule has 2 saturated heterocycles. The zero-order chi connectivity index (χ0) is 16.8. The molecule has 2 atom stereocenters. The maximum absolute atomic E-state index is 13.2. The maximum atomic E-state index is 13.2. The summed E-state index contributed by atoms with van der Waals surface area (Å²) in [6, 6.07) is 4.83. The van der Waals surface area contributed by atoms with E-state index in [1.54, 1.807) is 16.8 Å². The number of nitrogens with zero attached hydrogens (tertiary/aromatic N) is 3. The summed E-state index contributed by atoms with van der Waals surface area (Å²) in [7, 11) is 1.69. The Hall–Kier alpha value is -2.43. The number of hydrogen-bond donors (Lipinski definition) is 1. The van der Waals surface area contributed by atoms with Gasteiger partial charge in [0.15, 0.2) is 0 Å². The van der Waals surface area contributed by atoms with Crippen LogP contribution in [0.3, 0.4) is 0 Å². The molecule has 0 spiro atoms. The van der Waals surface area contributed by atoms with Gasteiger partial charge >= 0.3 is 12.2 Å². The minimum atomic E-state index is -4.49. The van der Waals surface area contributed by atoms with Crippen LogP contribution >= 0.6 is 0 Å². The van der Waals surface area contributed by atoms with Crippen molar-refractivity contribution in [1.29, 1.82) is 5.26 Å². The first kappa shape index (κ1) is 15.5. The van der Waals surface area contributed by atoms with E-state index >= 15 is 0 Å². The predicted molar refractivity (Wildman–Crippen MR) is 76.9 cm³/mol. The fourth-order valence-corrected chi connectivity index (χ4v) is 3.28. The van der Waals surface area contributed by atoms with Gasteiger partial charge in [-0.1, -0.05) is 0 Å². The van der Waals surface area contributed by atoms with Crippen LogP contribution in [0.15, 0.2) is 18.2 Å². The second kappa shape index (κ2) is 5.33. The summed E-state index contributed by atoms with van der Waals surface area (Å²) in [4.78, 5) is 14.9. The molecule has 2 aliphatic rings. The Kier molecular flexibility index (Phi) is 3.59. The highest BCUT2D eigenvalue weighted by molar-refractivity contribution is 5.77. The molecule has 2 amide bonds. The second-order valence-corrected chi connectivity index (χ2v) is 5.81. The lowest BCUT2D eigenvalue weighted by molar-refractivity contribution is -0.137. The summed E-state index contributed by atoms with van der Waals surface area (Å²) >= 11 is 0. The standard InChI is InChI=1S/C15H15F3N4O/c1-21-12-4-5-22(8-11(12)20-14(21)23)13-6-9(7-19)2-3-10(13)15(16,17)18/h2-3,6,11-12H,4-5,8H2,1H3,(H,20,23)/t11-,12+/m1/s1. The quantitative estimate of drug-likeness (QED) is 0.861. The van der Waals surface area contributed by atoms with E-state index in [-0.39, 0.29) is 29.4 Å². The number of anilines is 1. The van der Waals surface area contributed by atoms with E-state index in [4.69, 9.17) is 5.26 Å². The minimum Gasteiger partial charge on any atom is -0.369 e. The van der Waals surface area contributed by atoms with Crippen molar-refractivity contribution in [2.75, 3.05) is 25.0 Å². The van der Waals surface area contributed by atoms with Crippen molar-refractivity contribution in [2.24, 2.45) is 0 Å². The molecule has 0 aliphatic carbocycles. The van der Waals surface area contributed by atoms with E-state index in [0.717, 1.165) is 6.07 Å². The number of piperidine rings is 1. The minimum absolute atomic E-state index is 0.00111. The first-order valence-corrected chi connectivity index (χ1v) is 7.21. The fourth-order valence-electron chi connectivity index (χ4n) is 3.28. The van der Waals surface area contributed by atoms with Gasteiger partial charge in [-0.3, -0.25) is 0 Å². The number of likely N-dealkylation sites (N-methyl/N-ethyl adjacent to an activating group) is 1. The van der Waals surface area contributed by atoms with E-state index < -0.39 is 11.7 Å². The van der Waals surface area contributed by atoms with Crippen LogP contribution in [0, 0.1) is 11.3 Å². The highest BCUT2D eigenvalue weighted by Gasteiger charge is 2.42. The lowest BCUT2D eigenvalue weighted by Crippen LogP contribution is -2.51. The van der Waals surface area contributed by atoms with Crippen molar-refractivity contribution in [1.82, 2.24) is 10.2 Å². The van der Waals surface area contributed by atoms with Crippen LogP contribution in [0.2, 0.25) is 0 Å². The zero-order valence-electron chi connectivity index (χ0n) is 12.4. The summed E-state index contributed by atoms with van der Waals surface area (Å²) in [5.41, 5.74) is -0.575. The SMILES string of the molecule is CN1C(=O)N[C@@H]2CN(c3cc(C#N)ccc3C(F)(F)F)CC[C@@H]21. The molecule has 23 heavy (non-hydrogen) atoms. The molecule has 0 radical (unpaired) electrons. The van der Waals surface area contributed by atoms with Crippen LogP contribution in [-0.2, 0) is 6.18 Å². The number of hydrogen-bond acceptors (Lipinski definition) is 3. The molecule has 1 aromatic carbocycles. The van der Waals surface area contributed by atoms with Gasteiger partial charge in [0.05, 0.1) is 35.0 Å². The molecule has 0 bridgehead atoms. The van der Waals surface area contributed by atoms with Gasteiger partial charge in [-0.25, -0.2) is 4.79 Å². The first-order chi connectivity index (χ1) is 10.8. The number of amides is 2. The van der Waals surface area contributed by atoms with Gasteiger partial charge in [0.25, 0.3) is 0 Å². The van der Waals surface area contributed by atoms with Gasteiger partial charge in [-0.2, -0.15) is 18.4 Å². The zero-order valence-corrected chi connectivity index (χ0v) is 12.4. The van der Waals surface area contributed by atoms with Crippen LogP contribution < -0.4 is 10.2 Å². The van der Waals surface area contributed by atoms with Gasteiger partial charge in [-0.15, -0.1) is 0 Å². The third-order valence-corrected chi connectivity index (χ3v) is 4.48. The summed E-state index contributed by atoms with van der Waals surface area (Å²) in [6.45, 7) is 0.692. The first-order valence-electron chi connectivity index (χ1n) is 7.21. The van der Waals surface area contributed by atoms with Gasteiger partial charge in [0.2, 0.25) is 0 Å². The number of rotatable bonds is 1. The molecule has 0 unspecified atom stereocenters. The molecule has 122 valence electrons. The molecule has 3 rings (SSSR count). The lowest BCUT2D eigenvalue weighted by Gasteiger charge is -2.38. The molecule has 1 aromatic rings. The fraction of sp³-hybridized carbons (Fsp3) is 0.467. The number of halogens is 3. The number of carbonyl (C=O) groups is 1. The number of fused-ring (bicyclic) bond motifs is 1. The number of benzene rings is 1. The Bertz CT molecular complexity index is 682.